The Bertz CT molecular complexity index is 831. The predicted octanol–water partition coefficient (Wildman–Crippen LogP) is 5.87. The number of hydrogen-bond donors (Lipinski definition) is 0. The van der Waals surface area contributed by atoms with Crippen molar-refractivity contribution in [1.29, 1.82) is 0 Å². The van der Waals surface area contributed by atoms with Gasteiger partial charge in [0, 0.05) is 13.5 Å². The van der Waals surface area contributed by atoms with Crippen molar-refractivity contribution in [3.63, 3.8) is 0 Å². The molecular formula is C26H41NO4. The molecule has 0 aromatic carbocycles. The van der Waals surface area contributed by atoms with E-state index in [4.69, 9.17) is 9.15 Å². The molecule has 4 saturated carbocycles. The number of ether oxygens (including phenoxy) is 1. The third-order valence-corrected chi connectivity index (χ3v) is 10.9. The molecule has 174 valence electrons. The third kappa shape index (κ3) is 3.54. The van der Waals surface area contributed by atoms with Gasteiger partial charge >= 0.3 is 5.82 Å². The number of aryl methyl sites for hydroxylation is 1. The molecule has 5 heteroatoms. The van der Waals surface area contributed by atoms with E-state index in [1.807, 2.05) is 7.11 Å². The van der Waals surface area contributed by atoms with E-state index in [0.29, 0.717) is 35.2 Å². The summed E-state index contributed by atoms with van der Waals surface area (Å²) in [5.41, 5.74) is 1.01. The lowest BCUT2D eigenvalue weighted by atomic mass is 9.44. The van der Waals surface area contributed by atoms with Gasteiger partial charge in [-0.1, -0.05) is 20.8 Å². The van der Waals surface area contributed by atoms with E-state index in [1.54, 1.807) is 0 Å². The zero-order valence-corrected chi connectivity index (χ0v) is 19.9. The van der Waals surface area contributed by atoms with Crippen molar-refractivity contribution < 1.29 is 13.7 Å². The van der Waals surface area contributed by atoms with E-state index in [-0.39, 0.29) is 0 Å². The number of hydrogen-bond acceptors (Lipinski definition) is 5. The molecule has 0 amide bonds. The van der Waals surface area contributed by atoms with Crippen LogP contribution in [0.5, 0.6) is 0 Å². The lowest BCUT2D eigenvalue weighted by Gasteiger charge is -2.61. The van der Waals surface area contributed by atoms with Gasteiger partial charge in [0.1, 0.15) is 0 Å². The van der Waals surface area contributed by atoms with E-state index in [1.165, 1.54) is 57.8 Å². The maximum absolute atomic E-state index is 11.1. The Kier molecular flexibility index (Phi) is 5.64. The van der Waals surface area contributed by atoms with Crippen LogP contribution in [0.3, 0.4) is 0 Å². The van der Waals surface area contributed by atoms with Gasteiger partial charge < -0.3 is 9.15 Å². The summed E-state index contributed by atoms with van der Waals surface area (Å²) in [6, 6.07) is 0. The maximum atomic E-state index is 11.1. The second-order valence-corrected chi connectivity index (χ2v) is 12.0. The van der Waals surface area contributed by atoms with Crippen LogP contribution in [0.25, 0.3) is 0 Å². The number of methoxy groups -OCH3 is 1. The number of rotatable bonds is 5. The lowest BCUT2D eigenvalue weighted by Crippen LogP contribution is -2.54. The number of aromatic nitrogens is 1. The van der Waals surface area contributed by atoms with Gasteiger partial charge in [0.25, 0.3) is 0 Å². The van der Waals surface area contributed by atoms with Crippen LogP contribution in [0.2, 0.25) is 0 Å². The summed E-state index contributed by atoms with van der Waals surface area (Å²) in [5, 5.41) is 3.76. The molecule has 2 unspecified atom stereocenters. The van der Waals surface area contributed by atoms with Crippen molar-refractivity contribution >= 4 is 0 Å². The molecule has 0 bridgehead atoms. The number of fused-ring (bicyclic) bond motifs is 5. The van der Waals surface area contributed by atoms with Gasteiger partial charge in [-0.25, -0.2) is 4.79 Å². The normalized spacial score (nSPS) is 45.5. The Morgan fingerprint density at radius 1 is 1.06 bits per heavy atom. The number of nitrogens with zero attached hydrogens (tertiary/aromatic N) is 1. The molecule has 9 atom stereocenters. The Balaban J connectivity index is 1.28. The van der Waals surface area contributed by atoms with Crippen molar-refractivity contribution in [2.75, 3.05) is 7.11 Å². The first-order valence-corrected chi connectivity index (χ1v) is 12.8. The Morgan fingerprint density at radius 3 is 2.58 bits per heavy atom. The molecule has 0 aliphatic heterocycles. The van der Waals surface area contributed by atoms with E-state index >= 15 is 0 Å². The molecule has 31 heavy (non-hydrogen) atoms. The molecule has 0 spiro atoms. The van der Waals surface area contributed by atoms with Crippen molar-refractivity contribution in [2.45, 2.75) is 97.5 Å². The first kappa shape index (κ1) is 21.7. The van der Waals surface area contributed by atoms with Gasteiger partial charge in [0.2, 0.25) is 5.89 Å². The standard InChI is InChI=1S/C26H41NO4/c1-16(5-10-23-27-31-24(28)30-23)20-8-9-21-19-7-6-17-15-18(29-4)11-13-25(17,2)22(19)12-14-26(20,21)3/h16-22H,5-15H2,1-4H3/t16?,17?,18-,19+,20-,21+,22+,25+,26-/m1/s1. The van der Waals surface area contributed by atoms with E-state index < -0.39 is 5.82 Å². The molecule has 1 aromatic heterocycles. The summed E-state index contributed by atoms with van der Waals surface area (Å²) >= 11 is 0. The van der Waals surface area contributed by atoms with Gasteiger partial charge in [-0.3, -0.25) is 4.52 Å². The van der Waals surface area contributed by atoms with Gasteiger partial charge in [0.05, 0.1) is 6.10 Å². The monoisotopic (exact) mass is 431 g/mol. The molecule has 5 nitrogen and oxygen atoms in total. The fraction of sp³-hybridized carbons (Fsp3) is 0.923. The highest BCUT2D eigenvalue weighted by Gasteiger charge is 2.60. The SMILES string of the molecule is CO[C@@H]1CC[C@@]2(C)C(CC[C@H]3[C@@H]4CC[C@H](C(C)CCc5noc(=O)o5)[C@@]4(C)CC[C@@H]32)C1. The zero-order chi connectivity index (χ0) is 21.8. The molecule has 1 aromatic rings. The molecular weight excluding hydrogens is 390 g/mol. The van der Waals surface area contributed by atoms with Gasteiger partial charge in [-0.05, 0) is 116 Å². The summed E-state index contributed by atoms with van der Waals surface area (Å²) in [7, 11) is 1.90. The van der Waals surface area contributed by atoms with Gasteiger partial charge in [-0.2, -0.15) is 0 Å². The second kappa shape index (κ2) is 8.04. The van der Waals surface area contributed by atoms with Crippen LogP contribution in [-0.2, 0) is 11.2 Å². The smallest absolute Gasteiger partial charge is 0.381 e. The first-order valence-electron chi connectivity index (χ1n) is 12.8. The predicted molar refractivity (Wildman–Crippen MR) is 119 cm³/mol. The van der Waals surface area contributed by atoms with E-state index in [9.17, 15) is 4.79 Å². The summed E-state index contributed by atoms with van der Waals surface area (Å²) in [5.74, 6) is 4.76. The van der Waals surface area contributed by atoms with Crippen LogP contribution in [0.4, 0.5) is 0 Å². The van der Waals surface area contributed by atoms with Crippen molar-refractivity contribution in [2.24, 2.45) is 46.3 Å². The minimum absolute atomic E-state index is 0.457. The van der Waals surface area contributed by atoms with Gasteiger partial charge in [0.15, 0.2) is 0 Å². The second-order valence-electron chi connectivity index (χ2n) is 12.0. The van der Waals surface area contributed by atoms with Crippen LogP contribution >= 0.6 is 0 Å². The minimum atomic E-state index is -0.683. The fourth-order valence-electron chi connectivity index (χ4n) is 9.28. The van der Waals surface area contributed by atoms with Crippen LogP contribution < -0.4 is 5.82 Å². The highest BCUT2D eigenvalue weighted by molar-refractivity contribution is 5.09. The van der Waals surface area contributed by atoms with Crippen LogP contribution in [0.1, 0.15) is 90.9 Å². The molecule has 4 aliphatic carbocycles. The molecule has 4 aliphatic rings. The first-order chi connectivity index (χ1) is 14.8. The highest BCUT2D eigenvalue weighted by Crippen LogP contribution is 2.68. The van der Waals surface area contributed by atoms with Crippen molar-refractivity contribution in [3.8, 4) is 0 Å². The highest BCUT2D eigenvalue weighted by atomic mass is 16.6. The van der Waals surface area contributed by atoms with Gasteiger partial charge in [-0.15, -0.1) is 0 Å². The summed E-state index contributed by atoms with van der Waals surface area (Å²) < 4.78 is 15.4. The van der Waals surface area contributed by atoms with Crippen LogP contribution in [0.15, 0.2) is 13.7 Å². The van der Waals surface area contributed by atoms with Crippen LogP contribution in [0, 0.1) is 46.3 Å². The largest absolute Gasteiger partial charge is 0.542 e. The zero-order valence-electron chi connectivity index (χ0n) is 19.9. The summed E-state index contributed by atoms with van der Waals surface area (Å²) in [4.78, 5) is 11.1. The Hall–Kier alpha value is -1.10. The fourth-order valence-corrected chi connectivity index (χ4v) is 9.28. The molecule has 0 radical (unpaired) electrons. The van der Waals surface area contributed by atoms with Crippen molar-refractivity contribution in [1.82, 2.24) is 5.16 Å². The molecule has 0 N–H and O–H groups in total. The Labute approximate surface area is 186 Å². The molecule has 5 rings (SSSR count). The lowest BCUT2D eigenvalue weighted by molar-refractivity contribution is -0.133. The summed E-state index contributed by atoms with van der Waals surface area (Å²) in [6.45, 7) is 7.67. The molecule has 1 heterocycles. The quantitative estimate of drug-likeness (QED) is 0.583. The molecule has 0 saturated heterocycles. The van der Waals surface area contributed by atoms with Crippen molar-refractivity contribution in [3.05, 3.63) is 16.5 Å². The third-order valence-electron chi connectivity index (χ3n) is 10.9. The molecule has 4 fully saturated rings. The van der Waals surface area contributed by atoms with Crippen LogP contribution in [-0.4, -0.2) is 18.4 Å². The maximum Gasteiger partial charge on any atom is 0.542 e. The minimum Gasteiger partial charge on any atom is -0.381 e. The van der Waals surface area contributed by atoms with E-state index in [0.717, 1.165) is 36.0 Å². The average molecular weight is 432 g/mol. The topological polar surface area (TPSA) is 65.5 Å². The average Bonchev–Trinajstić information content (AvgIpc) is 3.33. The Morgan fingerprint density at radius 2 is 1.84 bits per heavy atom. The van der Waals surface area contributed by atoms with E-state index in [2.05, 4.69) is 30.5 Å². The summed E-state index contributed by atoms with van der Waals surface area (Å²) in [6.07, 6.45) is 14.6.